The van der Waals surface area contributed by atoms with Gasteiger partial charge in [0.1, 0.15) is 0 Å². The minimum atomic E-state index is -0.249. The number of hydrogen-bond donors (Lipinski definition) is 2. The van der Waals surface area contributed by atoms with Gasteiger partial charge in [-0.1, -0.05) is 12.1 Å². The van der Waals surface area contributed by atoms with Crippen molar-refractivity contribution in [1.29, 1.82) is 0 Å². The molecule has 0 unspecified atom stereocenters. The third-order valence-corrected chi connectivity index (χ3v) is 5.56. The number of rotatable bonds is 7. The van der Waals surface area contributed by atoms with Crippen LogP contribution in [0, 0.1) is 0 Å². The third-order valence-electron chi connectivity index (χ3n) is 5.56. The van der Waals surface area contributed by atoms with Gasteiger partial charge in [0.15, 0.2) is 5.96 Å². The molecule has 3 amide bonds. The quantitative estimate of drug-likeness (QED) is 0.176. The smallest absolute Gasteiger partial charge is 0.409 e. The fourth-order valence-electron chi connectivity index (χ4n) is 3.85. The lowest BCUT2D eigenvalue weighted by Crippen LogP contribution is -2.50. The van der Waals surface area contributed by atoms with Gasteiger partial charge < -0.3 is 20.3 Å². The number of carbonyl (C=O) groups is 3. The first-order valence-corrected chi connectivity index (χ1v) is 10.9. The maximum absolute atomic E-state index is 12.4. The number of fused-ring (bicyclic) bond motifs is 1. The number of likely N-dealkylation sites (tertiary alicyclic amines) is 1. The van der Waals surface area contributed by atoms with E-state index in [2.05, 4.69) is 15.6 Å². The molecule has 2 aliphatic rings. The van der Waals surface area contributed by atoms with Crippen molar-refractivity contribution in [1.82, 2.24) is 20.4 Å². The molecular formula is C22H32IN5O4. The van der Waals surface area contributed by atoms with E-state index >= 15 is 0 Å². The summed E-state index contributed by atoms with van der Waals surface area (Å²) < 4.78 is 5.05. The Kier molecular flexibility index (Phi) is 10.2. The highest BCUT2D eigenvalue weighted by atomic mass is 127. The molecule has 0 radical (unpaired) electrons. The van der Waals surface area contributed by atoms with Crippen LogP contribution in [0.5, 0.6) is 0 Å². The van der Waals surface area contributed by atoms with E-state index in [0.717, 1.165) is 25.2 Å². The number of guanidine groups is 1. The highest BCUT2D eigenvalue weighted by molar-refractivity contribution is 14.0. The van der Waals surface area contributed by atoms with Crippen molar-refractivity contribution in [2.75, 3.05) is 39.8 Å². The van der Waals surface area contributed by atoms with Crippen molar-refractivity contribution in [3.63, 3.8) is 0 Å². The Morgan fingerprint density at radius 2 is 1.75 bits per heavy atom. The fourth-order valence-corrected chi connectivity index (χ4v) is 3.85. The lowest BCUT2D eigenvalue weighted by atomic mass is 10.1. The van der Waals surface area contributed by atoms with Gasteiger partial charge in [0.25, 0.3) is 11.8 Å². The van der Waals surface area contributed by atoms with Crippen LogP contribution in [0.2, 0.25) is 0 Å². The minimum Gasteiger partial charge on any atom is -0.450 e. The summed E-state index contributed by atoms with van der Waals surface area (Å²) in [7, 11) is 1.72. The number of ether oxygens (including phenoxy) is 1. The molecule has 1 fully saturated rings. The highest BCUT2D eigenvalue weighted by Crippen LogP contribution is 2.22. The molecule has 1 aromatic carbocycles. The first kappa shape index (κ1) is 25.9. The Balaban J connectivity index is 0.00000363. The second-order valence-corrected chi connectivity index (χ2v) is 7.62. The largest absolute Gasteiger partial charge is 0.450 e. The lowest BCUT2D eigenvalue weighted by molar-refractivity contribution is 0.0651. The zero-order valence-corrected chi connectivity index (χ0v) is 21.0. The number of piperidine rings is 1. The summed E-state index contributed by atoms with van der Waals surface area (Å²) in [6.07, 6.45) is 2.93. The van der Waals surface area contributed by atoms with E-state index in [1.54, 1.807) is 36.2 Å². The van der Waals surface area contributed by atoms with Gasteiger partial charge in [-0.05, 0) is 44.7 Å². The Labute approximate surface area is 206 Å². The molecule has 2 heterocycles. The van der Waals surface area contributed by atoms with Crippen LogP contribution in [0.4, 0.5) is 4.79 Å². The predicted octanol–water partition coefficient (Wildman–Crippen LogP) is 2.47. The average Bonchev–Trinajstić information content (AvgIpc) is 3.03. The molecule has 0 atom stereocenters. The number of nitrogens with zero attached hydrogens (tertiary/aromatic N) is 3. The number of unbranched alkanes of at least 4 members (excludes halogenated alkanes) is 1. The Morgan fingerprint density at radius 1 is 1.12 bits per heavy atom. The van der Waals surface area contributed by atoms with Crippen LogP contribution in [0.3, 0.4) is 0 Å². The van der Waals surface area contributed by atoms with Crippen LogP contribution >= 0.6 is 24.0 Å². The highest BCUT2D eigenvalue weighted by Gasteiger charge is 2.34. The van der Waals surface area contributed by atoms with Crippen LogP contribution in [0.1, 0.15) is 53.3 Å². The number of benzene rings is 1. The lowest BCUT2D eigenvalue weighted by Gasteiger charge is -2.32. The summed E-state index contributed by atoms with van der Waals surface area (Å²) in [5, 5.41) is 6.68. The van der Waals surface area contributed by atoms with E-state index in [-0.39, 0.29) is 47.9 Å². The van der Waals surface area contributed by atoms with Gasteiger partial charge in [-0.15, -0.1) is 24.0 Å². The molecule has 32 heavy (non-hydrogen) atoms. The Morgan fingerprint density at radius 3 is 2.31 bits per heavy atom. The fraction of sp³-hybridized carbons (Fsp3) is 0.545. The van der Waals surface area contributed by atoms with E-state index in [0.29, 0.717) is 50.3 Å². The summed E-state index contributed by atoms with van der Waals surface area (Å²) in [6.45, 7) is 4.61. The second-order valence-electron chi connectivity index (χ2n) is 7.62. The summed E-state index contributed by atoms with van der Waals surface area (Å²) in [5.41, 5.74) is 0.980. The predicted molar refractivity (Wildman–Crippen MR) is 133 cm³/mol. The summed E-state index contributed by atoms with van der Waals surface area (Å²) in [4.78, 5) is 43.9. The van der Waals surface area contributed by atoms with Crippen molar-refractivity contribution < 1.29 is 19.1 Å². The van der Waals surface area contributed by atoms with Crippen molar-refractivity contribution in [2.45, 2.75) is 38.6 Å². The van der Waals surface area contributed by atoms with Crippen molar-refractivity contribution in [3.05, 3.63) is 35.4 Å². The molecule has 2 N–H and O–H groups in total. The van der Waals surface area contributed by atoms with Gasteiger partial charge in [0.05, 0.1) is 17.7 Å². The van der Waals surface area contributed by atoms with Crippen LogP contribution < -0.4 is 10.6 Å². The molecule has 0 saturated carbocycles. The third kappa shape index (κ3) is 6.33. The monoisotopic (exact) mass is 557 g/mol. The molecule has 0 spiro atoms. The number of halogens is 1. The number of hydrogen-bond acceptors (Lipinski definition) is 5. The number of carbonyl (C=O) groups excluding carboxylic acids is 3. The van der Waals surface area contributed by atoms with Gasteiger partial charge in [0, 0.05) is 39.3 Å². The van der Waals surface area contributed by atoms with E-state index < -0.39 is 0 Å². The maximum atomic E-state index is 12.4. The van der Waals surface area contributed by atoms with Gasteiger partial charge in [-0.25, -0.2) is 4.79 Å². The zero-order valence-electron chi connectivity index (χ0n) is 18.6. The van der Waals surface area contributed by atoms with Crippen molar-refractivity contribution >= 4 is 47.8 Å². The summed E-state index contributed by atoms with van der Waals surface area (Å²) >= 11 is 0. The van der Waals surface area contributed by atoms with Crippen molar-refractivity contribution in [3.8, 4) is 0 Å². The molecule has 0 bridgehead atoms. The molecule has 0 aromatic heterocycles. The van der Waals surface area contributed by atoms with Crippen LogP contribution in [0.25, 0.3) is 0 Å². The molecular weight excluding hydrogens is 525 g/mol. The minimum absolute atomic E-state index is 0. The Hall–Kier alpha value is -2.37. The van der Waals surface area contributed by atoms with Gasteiger partial charge in [-0.3, -0.25) is 19.5 Å². The van der Waals surface area contributed by atoms with Gasteiger partial charge >= 0.3 is 6.09 Å². The maximum Gasteiger partial charge on any atom is 0.409 e. The standard InChI is InChI=1S/C22H31N5O4.HI/c1-3-31-22(30)26-14-10-16(11-15-26)25-21(23-2)24-12-6-7-13-27-19(28)17-8-4-5-9-18(17)20(27)29;/h4-5,8-9,16H,3,6-7,10-15H2,1-2H3,(H2,23,24,25);1H. The molecule has 2 aliphatic heterocycles. The molecule has 10 heteroatoms. The van der Waals surface area contributed by atoms with Crippen LogP contribution in [-0.4, -0.2) is 79.5 Å². The van der Waals surface area contributed by atoms with E-state index in [4.69, 9.17) is 4.74 Å². The molecule has 176 valence electrons. The van der Waals surface area contributed by atoms with Crippen LogP contribution in [0.15, 0.2) is 29.3 Å². The molecule has 1 saturated heterocycles. The summed E-state index contributed by atoms with van der Waals surface area (Å²) in [5.74, 6) is 0.302. The van der Waals surface area contributed by atoms with Crippen molar-refractivity contribution in [2.24, 2.45) is 4.99 Å². The molecule has 3 rings (SSSR count). The SMILES string of the molecule is CCOC(=O)N1CCC(NC(=NC)NCCCCN2C(=O)c3ccccc3C2=O)CC1.I. The number of imide groups is 1. The topological polar surface area (TPSA) is 103 Å². The average molecular weight is 557 g/mol. The van der Waals surface area contributed by atoms with Gasteiger partial charge in [-0.2, -0.15) is 0 Å². The number of nitrogens with one attached hydrogen (secondary N) is 2. The first-order chi connectivity index (χ1) is 15.0. The first-order valence-electron chi connectivity index (χ1n) is 10.9. The molecule has 1 aromatic rings. The van der Waals surface area contributed by atoms with E-state index in [1.807, 2.05) is 6.92 Å². The normalized spacial score (nSPS) is 16.5. The van der Waals surface area contributed by atoms with Crippen LogP contribution in [-0.2, 0) is 4.74 Å². The number of amides is 3. The molecule has 9 nitrogen and oxygen atoms in total. The van der Waals surface area contributed by atoms with Gasteiger partial charge in [0.2, 0.25) is 0 Å². The van der Waals surface area contributed by atoms with E-state index in [1.165, 1.54) is 4.90 Å². The summed E-state index contributed by atoms with van der Waals surface area (Å²) in [6, 6.07) is 7.19. The Bertz CT molecular complexity index is 804. The molecule has 0 aliphatic carbocycles. The van der Waals surface area contributed by atoms with E-state index in [9.17, 15) is 14.4 Å². The zero-order chi connectivity index (χ0) is 22.2. The second kappa shape index (κ2) is 12.6. The number of aliphatic imine (C=N–C) groups is 1.